The molecule has 1 aliphatic heterocycles. The van der Waals surface area contributed by atoms with Gasteiger partial charge in [-0.3, -0.25) is 14.3 Å². The van der Waals surface area contributed by atoms with E-state index >= 15 is 0 Å². The third kappa shape index (κ3) is 4.02. The van der Waals surface area contributed by atoms with E-state index in [0.717, 1.165) is 67.3 Å². The fourth-order valence-corrected chi connectivity index (χ4v) is 4.78. The summed E-state index contributed by atoms with van der Waals surface area (Å²) < 4.78 is 31.2. The number of aromatic nitrogens is 4. The summed E-state index contributed by atoms with van der Waals surface area (Å²) in [4.78, 5) is 27.8. The van der Waals surface area contributed by atoms with Gasteiger partial charge in [-0.2, -0.15) is 14.9 Å². The molecule has 10 heteroatoms. The Morgan fingerprint density at radius 2 is 1.75 bits per heavy atom. The van der Waals surface area contributed by atoms with Gasteiger partial charge in [-0.25, -0.2) is 8.78 Å². The molecule has 1 aliphatic carbocycles. The molecule has 36 heavy (non-hydrogen) atoms. The summed E-state index contributed by atoms with van der Waals surface area (Å²) in [5.41, 5.74) is 0.987. The number of carbonyl (C=O) groups is 1. The lowest BCUT2D eigenvalue weighted by atomic mass is 10.1. The molecule has 2 aromatic carbocycles. The van der Waals surface area contributed by atoms with Crippen molar-refractivity contribution >= 4 is 28.2 Å². The van der Waals surface area contributed by atoms with Crippen molar-refractivity contribution in [3.63, 3.8) is 0 Å². The average Bonchev–Trinajstić information content (AvgIpc) is 3.34. The van der Waals surface area contributed by atoms with E-state index in [0.29, 0.717) is 16.3 Å². The Bertz CT molecular complexity index is 1520. The topological polar surface area (TPSA) is 85.0 Å². The minimum atomic E-state index is -0.952. The minimum Gasteiger partial charge on any atom is -0.369 e. The average molecular weight is 491 g/mol. The molecule has 6 rings (SSSR count). The summed E-state index contributed by atoms with van der Waals surface area (Å²) in [6, 6.07) is 9.36. The van der Waals surface area contributed by atoms with Gasteiger partial charge in [-0.15, -0.1) is 0 Å². The van der Waals surface area contributed by atoms with Crippen molar-refractivity contribution < 1.29 is 13.6 Å². The highest BCUT2D eigenvalue weighted by molar-refractivity contribution is 6.08. The van der Waals surface area contributed by atoms with E-state index in [1.165, 1.54) is 25.0 Å². The lowest BCUT2D eigenvalue weighted by Gasteiger charge is -2.23. The number of nitrogens with one attached hydrogen (secondary N) is 1. The number of fused-ring (bicyclic) bond motifs is 1. The van der Waals surface area contributed by atoms with Crippen molar-refractivity contribution in [2.24, 2.45) is 5.92 Å². The summed E-state index contributed by atoms with van der Waals surface area (Å²) in [7, 11) is 0. The Hall–Kier alpha value is -4.08. The number of benzene rings is 2. The predicted octanol–water partition coefficient (Wildman–Crippen LogP) is 4.12. The number of carbonyl (C=O) groups excluding carboxylic acids is 1. The highest BCUT2D eigenvalue weighted by atomic mass is 19.1. The van der Waals surface area contributed by atoms with Crippen LogP contribution in [0.4, 0.5) is 20.2 Å². The van der Waals surface area contributed by atoms with E-state index in [4.69, 9.17) is 0 Å². The lowest BCUT2D eigenvalue weighted by molar-refractivity contribution is 0.102. The summed E-state index contributed by atoms with van der Waals surface area (Å²) >= 11 is 0. The van der Waals surface area contributed by atoms with E-state index < -0.39 is 28.8 Å². The van der Waals surface area contributed by atoms with Crippen molar-refractivity contribution in [2.45, 2.75) is 32.2 Å². The number of para-hydroxylation sites is 1. The van der Waals surface area contributed by atoms with Crippen LogP contribution in [0.5, 0.6) is 0 Å². The summed E-state index contributed by atoms with van der Waals surface area (Å²) in [5.74, 6) is -1.83. The van der Waals surface area contributed by atoms with Crippen molar-refractivity contribution in [1.29, 1.82) is 0 Å². The van der Waals surface area contributed by atoms with E-state index in [1.54, 1.807) is 0 Å². The third-order valence-electron chi connectivity index (χ3n) is 6.78. The smallest absolute Gasteiger partial charge is 0.276 e. The molecule has 8 nitrogen and oxygen atoms in total. The minimum absolute atomic E-state index is 0.144. The number of halogens is 2. The first-order chi connectivity index (χ1) is 17.5. The first-order valence-electron chi connectivity index (χ1n) is 12.1. The summed E-state index contributed by atoms with van der Waals surface area (Å²) in [6.45, 7) is 2.61. The molecule has 3 heterocycles. The zero-order valence-corrected chi connectivity index (χ0v) is 19.5. The molecular formula is C26H24F2N6O2. The van der Waals surface area contributed by atoms with Gasteiger partial charge >= 0.3 is 0 Å². The van der Waals surface area contributed by atoms with E-state index in [1.807, 2.05) is 23.0 Å². The maximum Gasteiger partial charge on any atom is 0.276 e. The second-order valence-electron chi connectivity index (χ2n) is 9.35. The van der Waals surface area contributed by atoms with Crippen LogP contribution in [-0.2, 0) is 6.54 Å². The monoisotopic (exact) mass is 490 g/mol. The standard InChI is InChI=1S/C26H24F2N6O2/c27-18-4-3-5-19(28)25(18)34-23(35)11-9-21(31-34)26(36)30-20-8-10-22-17(24(20)32-12-1-2-13-32)14-29-33(22)15-16-6-7-16/h3-5,8-11,14,16H,1-2,6-7,12-13,15H2,(H,30,36). The SMILES string of the molecule is O=C(Nc1ccc2c(cnn2CC2CC2)c1N1CCCC1)c1ccc(=O)n(-c2c(F)cccc2F)n1. The molecular weight excluding hydrogens is 466 g/mol. The molecule has 0 bridgehead atoms. The molecule has 1 N–H and O–H groups in total. The fourth-order valence-electron chi connectivity index (χ4n) is 4.78. The van der Waals surface area contributed by atoms with Crippen molar-refractivity contribution in [2.75, 3.05) is 23.3 Å². The molecule has 2 aliphatic rings. The third-order valence-corrected chi connectivity index (χ3v) is 6.78. The van der Waals surface area contributed by atoms with Crippen LogP contribution in [0, 0.1) is 17.6 Å². The van der Waals surface area contributed by atoms with Gasteiger partial charge in [0.1, 0.15) is 11.4 Å². The van der Waals surface area contributed by atoms with Gasteiger partial charge in [0, 0.05) is 31.1 Å². The molecule has 1 amide bonds. The van der Waals surface area contributed by atoms with Crippen LogP contribution in [0.3, 0.4) is 0 Å². The first kappa shape index (κ1) is 22.4. The van der Waals surface area contributed by atoms with Gasteiger partial charge in [0.2, 0.25) is 0 Å². The van der Waals surface area contributed by atoms with Crippen LogP contribution in [0.2, 0.25) is 0 Å². The molecule has 0 unspecified atom stereocenters. The molecule has 1 saturated carbocycles. The molecule has 0 spiro atoms. The second-order valence-corrected chi connectivity index (χ2v) is 9.35. The zero-order chi connectivity index (χ0) is 24.8. The fraction of sp³-hybridized carbons (Fsp3) is 0.308. The normalized spacial score (nSPS) is 15.6. The Kier molecular flexibility index (Phi) is 5.50. The zero-order valence-electron chi connectivity index (χ0n) is 19.5. The Morgan fingerprint density at radius 3 is 2.47 bits per heavy atom. The van der Waals surface area contributed by atoms with Crippen LogP contribution in [0.1, 0.15) is 36.2 Å². The molecule has 0 atom stereocenters. The van der Waals surface area contributed by atoms with E-state index in [-0.39, 0.29) is 5.69 Å². The molecule has 1 saturated heterocycles. The quantitative estimate of drug-likeness (QED) is 0.440. The predicted molar refractivity (Wildman–Crippen MR) is 132 cm³/mol. The number of hydrogen-bond acceptors (Lipinski definition) is 5. The van der Waals surface area contributed by atoms with Gasteiger partial charge in [0.05, 0.1) is 23.1 Å². The van der Waals surface area contributed by atoms with E-state index in [9.17, 15) is 18.4 Å². The Balaban J connectivity index is 1.37. The highest BCUT2D eigenvalue weighted by Gasteiger charge is 2.26. The Labute approximate surface area is 205 Å². The van der Waals surface area contributed by atoms with Crippen molar-refractivity contribution in [3.8, 4) is 5.69 Å². The van der Waals surface area contributed by atoms with E-state index in [2.05, 4.69) is 20.4 Å². The van der Waals surface area contributed by atoms with Crippen molar-refractivity contribution in [3.05, 3.63) is 76.3 Å². The molecule has 4 aromatic rings. The van der Waals surface area contributed by atoms with Crippen LogP contribution in [-0.4, -0.2) is 38.6 Å². The summed E-state index contributed by atoms with van der Waals surface area (Å²) in [5, 5.41) is 12.5. The molecule has 2 fully saturated rings. The summed E-state index contributed by atoms with van der Waals surface area (Å²) in [6.07, 6.45) is 6.41. The lowest BCUT2D eigenvalue weighted by Crippen LogP contribution is -2.27. The number of nitrogens with zero attached hydrogens (tertiary/aromatic N) is 5. The van der Waals surface area contributed by atoms with Gasteiger partial charge in [0.25, 0.3) is 11.5 Å². The molecule has 184 valence electrons. The number of hydrogen-bond donors (Lipinski definition) is 1. The number of amides is 1. The first-order valence-corrected chi connectivity index (χ1v) is 12.1. The van der Waals surface area contributed by atoms with Gasteiger partial charge in [0.15, 0.2) is 11.6 Å². The van der Waals surface area contributed by atoms with Crippen LogP contribution >= 0.6 is 0 Å². The van der Waals surface area contributed by atoms with Crippen LogP contribution in [0.25, 0.3) is 16.6 Å². The second kappa shape index (κ2) is 8.85. The number of anilines is 2. The highest BCUT2D eigenvalue weighted by Crippen LogP contribution is 2.38. The van der Waals surface area contributed by atoms with Gasteiger partial charge in [-0.05, 0) is 61.9 Å². The van der Waals surface area contributed by atoms with Crippen molar-refractivity contribution in [1.82, 2.24) is 19.6 Å². The van der Waals surface area contributed by atoms with Gasteiger partial charge in [-0.1, -0.05) is 6.07 Å². The number of rotatable bonds is 6. The largest absolute Gasteiger partial charge is 0.369 e. The van der Waals surface area contributed by atoms with Crippen LogP contribution < -0.4 is 15.8 Å². The molecule has 2 aromatic heterocycles. The maximum absolute atomic E-state index is 14.3. The molecule has 0 radical (unpaired) electrons. The Morgan fingerprint density at radius 1 is 1.00 bits per heavy atom. The van der Waals surface area contributed by atoms with Crippen LogP contribution in [0.15, 0.2) is 53.5 Å². The maximum atomic E-state index is 14.3. The van der Waals surface area contributed by atoms with Gasteiger partial charge < -0.3 is 10.2 Å².